The minimum Gasteiger partial charge on any atom is -0.399 e. The fourth-order valence-corrected chi connectivity index (χ4v) is 2.38. The van der Waals surface area contributed by atoms with Crippen LogP contribution in [0, 0.1) is 11.3 Å². The van der Waals surface area contributed by atoms with Crippen molar-refractivity contribution in [3.05, 3.63) is 40.4 Å². The summed E-state index contributed by atoms with van der Waals surface area (Å²) in [4.78, 5) is 16.1. The van der Waals surface area contributed by atoms with Gasteiger partial charge in [-0.05, 0) is 19.1 Å². The summed E-state index contributed by atoms with van der Waals surface area (Å²) in [6.07, 6.45) is 3.00. The van der Waals surface area contributed by atoms with Crippen LogP contribution in [0.5, 0.6) is 0 Å². The number of nitrogen functional groups attached to an aromatic ring is 1. The maximum atomic E-state index is 12.3. The number of amides is 1. The zero-order valence-corrected chi connectivity index (χ0v) is 12.5. The minimum atomic E-state index is -0.646. The van der Waals surface area contributed by atoms with Crippen LogP contribution in [0.1, 0.15) is 18.8 Å². The predicted molar refractivity (Wildman–Crippen MR) is 81.2 cm³/mol. The lowest BCUT2D eigenvalue weighted by Crippen LogP contribution is -2.24. The third kappa shape index (κ3) is 3.10. The van der Waals surface area contributed by atoms with E-state index in [0.29, 0.717) is 5.69 Å². The van der Waals surface area contributed by atoms with Crippen LogP contribution in [0.15, 0.2) is 24.5 Å². The van der Waals surface area contributed by atoms with E-state index < -0.39 is 6.04 Å². The van der Waals surface area contributed by atoms with Crippen molar-refractivity contribution in [3.8, 4) is 6.07 Å². The second-order valence-corrected chi connectivity index (χ2v) is 5.11. The Bertz CT molecular complexity index is 711. The molecule has 0 saturated carbocycles. The molecule has 1 aromatic carbocycles. The van der Waals surface area contributed by atoms with Crippen molar-refractivity contribution >= 4 is 40.5 Å². The summed E-state index contributed by atoms with van der Waals surface area (Å²) in [7, 11) is 0. The van der Waals surface area contributed by atoms with Gasteiger partial charge >= 0.3 is 0 Å². The number of carbonyl (C=O) groups excluding carboxylic acids is 1. The SMILES string of the molecule is CC(C(=O)Nc1c(Cl)cc(N)cc1Cl)n1ccnc1C#N. The highest BCUT2D eigenvalue weighted by Crippen LogP contribution is 2.33. The second-order valence-electron chi connectivity index (χ2n) is 4.29. The number of nitrogens with two attached hydrogens (primary N) is 1. The van der Waals surface area contributed by atoms with Gasteiger partial charge < -0.3 is 15.6 Å². The van der Waals surface area contributed by atoms with E-state index in [1.807, 2.05) is 6.07 Å². The van der Waals surface area contributed by atoms with Gasteiger partial charge in [0.15, 0.2) is 0 Å². The van der Waals surface area contributed by atoms with E-state index in [2.05, 4.69) is 10.3 Å². The van der Waals surface area contributed by atoms with Crippen molar-refractivity contribution in [1.29, 1.82) is 5.26 Å². The summed E-state index contributed by atoms with van der Waals surface area (Å²) in [6, 6.07) is 4.25. The van der Waals surface area contributed by atoms with Crippen LogP contribution < -0.4 is 11.1 Å². The molecule has 8 heteroatoms. The van der Waals surface area contributed by atoms with Crippen LogP contribution in [-0.4, -0.2) is 15.5 Å². The zero-order chi connectivity index (χ0) is 15.6. The first-order valence-electron chi connectivity index (χ1n) is 5.92. The Morgan fingerprint density at radius 1 is 1.48 bits per heavy atom. The molecule has 0 aliphatic carbocycles. The van der Waals surface area contributed by atoms with E-state index in [4.69, 9.17) is 34.2 Å². The lowest BCUT2D eigenvalue weighted by atomic mass is 10.2. The number of carbonyl (C=O) groups is 1. The maximum absolute atomic E-state index is 12.3. The lowest BCUT2D eigenvalue weighted by Gasteiger charge is -2.16. The van der Waals surface area contributed by atoms with Crippen molar-refractivity contribution < 1.29 is 4.79 Å². The van der Waals surface area contributed by atoms with Crippen LogP contribution in [0.2, 0.25) is 10.0 Å². The van der Waals surface area contributed by atoms with Crippen molar-refractivity contribution in [2.75, 3.05) is 11.1 Å². The quantitative estimate of drug-likeness (QED) is 0.848. The molecule has 1 heterocycles. The summed E-state index contributed by atoms with van der Waals surface area (Å²) in [5, 5.41) is 12.0. The highest BCUT2D eigenvalue weighted by atomic mass is 35.5. The molecule has 108 valence electrons. The molecule has 1 aromatic heterocycles. The van der Waals surface area contributed by atoms with E-state index in [1.54, 1.807) is 13.1 Å². The van der Waals surface area contributed by atoms with Crippen LogP contribution >= 0.6 is 23.2 Å². The summed E-state index contributed by atoms with van der Waals surface area (Å²) < 4.78 is 1.45. The number of imidazole rings is 1. The molecule has 0 bridgehead atoms. The van der Waals surface area contributed by atoms with Gasteiger partial charge in [0.05, 0.1) is 15.7 Å². The number of nitrogens with one attached hydrogen (secondary N) is 1. The van der Waals surface area contributed by atoms with E-state index in [9.17, 15) is 4.79 Å². The number of benzene rings is 1. The third-order valence-corrected chi connectivity index (χ3v) is 3.47. The van der Waals surface area contributed by atoms with Gasteiger partial charge in [0.25, 0.3) is 0 Å². The van der Waals surface area contributed by atoms with Gasteiger partial charge in [-0.15, -0.1) is 0 Å². The van der Waals surface area contributed by atoms with Gasteiger partial charge in [-0.3, -0.25) is 4.79 Å². The molecule has 0 fully saturated rings. The van der Waals surface area contributed by atoms with Gasteiger partial charge in [-0.2, -0.15) is 5.26 Å². The molecule has 1 atom stereocenters. The molecule has 1 unspecified atom stereocenters. The van der Waals surface area contributed by atoms with Crippen LogP contribution in [0.25, 0.3) is 0 Å². The van der Waals surface area contributed by atoms with Gasteiger partial charge in [0.1, 0.15) is 12.1 Å². The lowest BCUT2D eigenvalue weighted by molar-refractivity contribution is -0.118. The molecule has 2 aromatic rings. The number of rotatable bonds is 3. The minimum absolute atomic E-state index is 0.146. The average molecular weight is 324 g/mol. The van der Waals surface area contributed by atoms with Gasteiger partial charge in [0, 0.05) is 18.1 Å². The molecular formula is C13H11Cl2N5O. The Balaban J connectivity index is 2.25. The van der Waals surface area contributed by atoms with E-state index >= 15 is 0 Å². The Hall–Kier alpha value is -2.23. The molecule has 0 spiro atoms. The monoisotopic (exact) mass is 323 g/mol. The van der Waals surface area contributed by atoms with Crippen molar-refractivity contribution in [2.24, 2.45) is 0 Å². The number of hydrogen-bond acceptors (Lipinski definition) is 4. The second kappa shape index (κ2) is 6.04. The highest BCUT2D eigenvalue weighted by molar-refractivity contribution is 6.40. The Morgan fingerprint density at radius 3 is 2.67 bits per heavy atom. The van der Waals surface area contributed by atoms with Crippen LogP contribution in [0.3, 0.4) is 0 Å². The summed E-state index contributed by atoms with van der Waals surface area (Å²) in [6.45, 7) is 1.64. The van der Waals surface area contributed by atoms with Crippen molar-refractivity contribution in [3.63, 3.8) is 0 Å². The largest absolute Gasteiger partial charge is 0.399 e. The Morgan fingerprint density at radius 2 is 2.10 bits per heavy atom. The number of halogens is 2. The average Bonchev–Trinajstić information content (AvgIpc) is 2.89. The molecule has 6 nitrogen and oxygen atoms in total. The topological polar surface area (TPSA) is 96.7 Å². The molecule has 0 saturated heterocycles. The number of nitrogens with zero attached hydrogens (tertiary/aromatic N) is 3. The standard InChI is InChI=1S/C13H11Cl2N5O/c1-7(20-3-2-18-11(20)6-16)13(21)19-12-9(14)4-8(17)5-10(12)15/h2-5,7H,17H2,1H3,(H,19,21). The number of aromatic nitrogens is 2. The predicted octanol–water partition coefficient (Wildman–Crippen LogP) is 2.84. The molecule has 21 heavy (non-hydrogen) atoms. The summed E-state index contributed by atoms with van der Waals surface area (Å²) >= 11 is 12.0. The van der Waals surface area contributed by atoms with E-state index in [1.165, 1.54) is 22.9 Å². The van der Waals surface area contributed by atoms with Crippen molar-refractivity contribution in [2.45, 2.75) is 13.0 Å². The van der Waals surface area contributed by atoms with Crippen molar-refractivity contribution in [1.82, 2.24) is 9.55 Å². The van der Waals surface area contributed by atoms with Gasteiger partial charge in [0.2, 0.25) is 11.7 Å². The van der Waals surface area contributed by atoms with Gasteiger partial charge in [-0.1, -0.05) is 23.2 Å². The smallest absolute Gasteiger partial charge is 0.247 e. The molecule has 0 aliphatic rings. The summed E-state index contributed by atoms with van der Waals surface area (Å²) in [5.74, 6) is -0.231. The number of anilines is 2. The molecule has 1 amide bonds. The Kier molecular flexibility index (Phi) is 4.36. The van der Waals surface area contributed by atoms with E-state index in [-0.39, 0.29) is 27.5 Å². The first-order chi connectivity index (χ1) is 9.93. The molecule has 0 radical (unpaired) electrons. The molecular weight excluding hydrogens is 313 g/mol. The molecule has 2 rings (SSSR count). The Labute approximate surface area is 131 Å². The fourth-order valence-electron chi connectivity index (χ4n) is 1.78. The third-order valence-electron chi connectivity index (χ3n) is 2.88. The van der Waals surface area contributed by atoms with Crippen LogP contribution in [0.4, 0.5) is 11.4 Å². The highest BCUT2D eigenvalue weighted by Gasteiger charge is 2.20. The summed E-state index contributed by atoms with van der Waals surface area (Å²) in [5.41, 5.74) is 6.28. The van der Waals surface area contributed by atoms with E-state index in [0.717, 1.165) is 0 Å². The van der Waals surface area contributed by atoms with Gasteiger partial charge in [-0.25, -0.2) is 4.98 Å². The maximum Gasteiger partial charge on any atom is 0.247 e. The molecule has 3 N–H and O–H groups in total. The van der Waals surface area contributed by atoms with Crippen LogP contribution in [-0.2, 0) is 4.79 Å². The normalized spacial score (nSPS) is 11.7. The first-order valence-corrected chi connectivity index (χ1v) is 6.68. The number of hydrogen-bond donors (Lipinski definition) is 2. The zero-order valence-electron chi connectivity index (χ0n) is 11.0. The molecule has 0 aliphatic heterocycles. The first kappa shape index (κ1) is 15.2. The fraction of sp³-hybridized carbons (Fsp3) is 0.154. The number of nitriles is 1.